The number of carbonyl (C=O) groups excluding carboxylic acids is 1. The minimum atomic E-state index is -0.0390. The van der Waals surface area contributed by atoms with Gasteiger partial charge < -0.3 is 4.90 Å². The third kappa shape index (κ3) is 4.37. The van der Waals surface area contributed by atoms with Crippen LogP contribution in [0.15, 0.2) is 54.9 Å². The molecule has 0 saturated heterocycles. The van der Waals surface area contributed by atoms with Gasteiger partial charge in [0.15, 0.2) is 0 Å². The van der Waals surface area contributed by atoms with Gasteiger partial charge in [0.25, 0.3) is 5.91 Å². The van der Waals surface area contributed by atoms with E-state index in [1.807, 2.05) is 49.5 Å². The first-order chi connectivity index (χ1) is 13.0. The van der Waals surface area contributed by atoms with Crippen LogP contribution >= 0.6 is 11.6 Å². The standard InChI is InChI=1S/C21H23ClN4O/c1-15(2)20-19(14-24-26(20)18-9-6-7-16(22)13-18)21(27)25(3)12-10-17-8-4-5-11-23-17/h4-9,11,13-15H,10,12H2,1-3H3. The van der Waals surface area contributed by atoms with Crippen molar-refractivity contribution in [3.8, 4) is 5.69 Å². The van der Waals surface area contributed by atoms with Crippen LogP contribution in [0, 0.1) is 0 Å². The summed E-state index contributed by atoms with van der Waals surface area (Å²) in [5.41, 5.74) is 3.32. The van der Waals surface area contributed by atoms with E-state index < -0.39 is 0 Å². The first-order valence-corrected chi connectivity index (χ1v) is 9.34. The number of pyridine rings is 1. The molecule has 0 aliphatic rings. The highest BCUT2D eigenvalue weighted by molar-refractivity contribution is 6.30. The number of carbonyl (C=O) groups is 1. The van der Waals surface area contributed by atoms with E-state index in [1.165, 1.54) is 0 Å². The smallest absolute Gasteiger partial charge is 0.257 e. The predicted molar refractivity (Wildman–Crippen MR) is 108 cm³/mol. The molecule has 5 nitrogen and oxygen atoms in total. The summed E-state index contributed by atoms with van der Waals surface area (Å²) >= 11 is 6.12. The van der Waals surface area contributed by atoms with Crippen molar-refractivity contribution in [3.05, 3.63) is 76.8 Å². The summed E-state index contributed by atoms with van der Waals surface area (Å²) < 4.78 is 1.80. The van der Waals surface area contributed by atoms with Crippen LogP contribution in [-0.4, -0.2) is 39.2 Å². The van der Waals surface area contributed by atoms with E-state index in [1.54, 1.807) is 22.0 Å². The van der Waals surface area contributed by atoms with Gasteiger partial charge in [-0.3, -0.25) is 9.78 Å². The van der Waals surface area contributed by atoms with Crippen molar-refractivity contribution in [1.29, 1.82) is 0 Å². The first kappa shape index (κ1) is 19.1. The summed E-state index contributed by atoms with van der Waals surface area (Å²) in [6.07, 6.45) is 4.13. The highest BCUT2D eigenvalue weighted by Crippen LogP contribution is 2.25. The highest BCUT2D eigenvalue weighted by Gasteiger charge is 2.23. The molecule has 3 aromatic rings. The van der Waals surface area contributed by atoms with Gasteiger partial charge in [-0.15, -0.1) is 0 Å². The predicted octanol–water partition coefficient (Wildman–Crippen LogP) is 4.36. The fourth-order valence-electron chi connectivity index (χ4n) is 3.03. The zero-order valence-electron chi connectivity index (χ0n) is 15.8. The van der Waals surface area contributed by atoms with Crippen molar-refractivity contribution in [2.45, 2.75) is 26.2 Å². The number of nitrogens with zero attached hydrogens (tertiary/aromatic N) is 4. The molecule has 2 aromatic heterocycles. The van der Waals surface area contributed by atoms with Crippen LogP contribution in [0.1, 0.15) is 41.5 Å². The maximum atomic E-state index is 13.0. The monoisotopic (exact) mass is 382 g/mol. The Morgan fingerprint density at radius 1 is 1.22 bits per heavy atom. The number of likely N-dealkylation sites (N-methyl/N-ethyl adjacent to an activating group) is 1. The number of halogens is 1. The second kappa shape index (κ2) is 8.35. The first-order valence-electron chi connectivity index (χ1n) is 8.96. The molecule has 1 amide bonds. The van der Waals surface area contributed by atoms with Crippen LogP contribution in [0.2, 0.25) is 5.02 Å². The Hall–Kier alpha value is -2.66. The van der Waals surface area contributed by atoms with Gasteiger partial charge in [-0.2, -0.15) is 5.10 Å². The molecule has 6 heteroatoms. The van der Waals surface area contributed by atoms with Gasteiger partial charge in [-0.25, -0.2) is 4.68 Å². The minimum absolute atomic E-state index is 0.0390. The molecule has 0 saturated carbocycles. The summed E-state index contributed by atoms with van der Waals surface area (Å²) in [4.78, 5) is 19.1. The highest BCUT2D eigenvalue weighted by atomic mass is 35.5. The number of rotatable bonds is 6. The van der Waals surface area contributed by atoms with E-state index in [4.69, 9.17) is 11.6 Å². The van der Waals surface area contributed by atoms with Crippen LogP contribution in [-0.2, 0) is 6.42 Å². The van der Waals surface area contributed by atoms with E-state index >= 15 is 0 Å². The van der Waals surface area contributed by atoms with Crippen molar-refractivity contribution in [3.63, 3.8) is 0 Å². The fraction of sp³-hybridized carbons (Fsp3) is 0.286. The summed E-state index contributed by atoms with van der Waals surface area (Å²) in [6.45, 7) is 4.71. The molecule has 0 aliphatic heterocycles. The summed E-state index contributed by atoms with van der Waals surface area (Å²) in [5, 5.41) is 5.11. The van der Waals surface area contributed by atoms with Crippen molar-refractivity contribution in [2.24, 2.45) is 0 Å². The third-order valence-electron chi connectivity index (χ3n) is 4.41. The van der Waals surface area contributed by atoms with Crippen molar-refractivity contribution in [1.82, 2.24) is 19.7 Å². The molecule has 0 fully saturated rings. The molecule has 140 valence electrons. The van der Waals surface area contributed by atoms with E-state index in [-0.39, 0.29) is 11.8 Å². The Balaban J connectivity index is 1.84. The van der Waals surface area contributed by atoms with Crippen LogP contribution in [0.4, 0.5) is 0 Å². The Bertz CT molecular complexity index is 921. The molecule has 0 bridgehead atoms. The molecule has 0 N–H and O–H groups in total. The Labute approximate surface area is 164 Å². The Morgan fingerprint density at radius 3 is 2.70 bits per heavy atom. The summed E-state index contributed by atoms with van der Waals surface area (Å²) in [5.74, 6) is 0.0949. The van der Waals surface area contributed by atoms with Gasteiger partial charge in [-0.1, -0.05) is 37.6 Å². The third-order valence-corrected chi connectivity index (χ3v) is 4.65. The molecular weight excluding hydrogens is 360 g/mol. The topological polar surface area (TPSA) is 51.0 Å². The number of aromatic nitrogens is 3. The number of hydrogen-bond donors (Lipinski definition) is 0. The molecule has 2 heterocycles. The zero-order chi connectivity index (χ0) is 19.4. The summed E-state index contributed by atoms with van der Waals surface area (Å²) in [6, 6.07) is 13.3. The number of hydrogen-bond acceptors (Lipinski definition) is 3. The van der Waals surface area contributed by atoms with Gasteiger partial charge in [-0.05, 0) is 36.2 Å². The largest absolute Gasteiger partial charge is 0.341 e. The van der Waals surface area contributed by atoms with Crippen LogP contribution in [0.25, 0.3) is 5.69 Å². The maximum absolute atomic E-state index is 13.0. The molecule has 0 aliphatic carbocycles. The number of benzene rings is 1. The van der Waals surface area contributed by atoms with Gasteiger partial charge in [0, 0.05) is 36.9 Å². The van der Waals surface area contributed by atoms with Gasteiger partial charge in [0.05, 0.1) is 23.1 Å². The van der Waals surface area contributed by atoms with Gasteiger partial charge in [0.1, 0.15) is 0 Å². The molecule has 3 rings (SSSR count). The van der Waals surface area contributed by atoms with Crippen LogP contribution < -0.4 is 0 Å². The molecular formula is C21H23ClN4O. The van der Waals surface area contributed by atoms with Crippen molar-refractivity contribution in [2.75, 3.05) is 13.6 Å². The van der Waals surface area contributed by atoms with E-state index in [0.717, 1.165) is 17.1 Å². The second-order valence-corrected chi connectivity index (χ2v) is 7.22. The second-order valence-electron chi connectivity index (χ2n) is 6.79. The normalized spacial score (nSPS) is 11.0. The van der Waals surface area contributed by atoms with Crippen molar-refractivity contribution < 1.29 is 4.79 Å². The zero-order valence-corrected chi connectivity index (χ0v) is 16.5. The average molecular weight is 383 g/mol. The van der Waals surface area contributed by atoms with Gasteiger partial charge in [0.2, 0.25) is 0 Å². The van der Waals surface area contributed by atoms with E-state index in [2.05, 4.69) is 23.9 Å². The van der Waals surface area contributed by atoms with Crippen molar-refractivity contribution >= 4 is 17.5 Å². The molecule has 0 atom stereocenters. The SMILES string of the molecule is CC(C)c1c(C(=O)N(C)CCc2ccccn2)cnn1-c1cccc(Cl)c1. The molecule has 0 spiro atoms. The lowest BCUT2D eigenvalue weighted by Gasteiger charge is -2.19. The lowest BCUT2D eigenvalue weighted by atomic mass is 10.0. The molecule has 1 aromatic carbocycles. The lowest BCUT2D eigenvalue weighted by Crippen LogP contribution is -2.29. The molecule has 0 radical (unpaired) electrons. The van der Waals surface area contributed by atoms with E-state index in [9.17, 15) is 4.79 Å². The molecule has 27 heavy (non-hydrogen) atoms. The Kier molecular flexibility index (Phi) is 5.91. The van der Waals surface area contributed by atoms with Crippen LogP contribution in [0.5, 0.6) is 0 Å². The van der Waals surface area contributed by atoms with E-state index in [0.29, 0.717) is 23.6 Å². The fourth-order valence-corrected chi connectivity index (χ4v) is 3.21. The Morgan fingerprint density at radius 2 is 2.04 bits per heavy atom. The lowest BCUT2D eigenvalue weighted by molar-refractivity contribution is 0.0795. The van der Waals surface area contributed by atoms with Crippen LogP contribution in [0.3, 0.4) is 0 Å². The number of amides is 1. The minimum Gasteiger partial charge on any atom is -0.341 e. The molecule has 0 unspecified atom stereocenters. The maximum Gasteiger partial charge on any atom is 0.257 e. The quantitative estimate of drug-likeness (QED) is 0.636. The van der Waals surface area contributed by atoms with Gasteiger partial charge >= 0.3 is 0 Å². The average Bonchev–Trinajstić information content (AvgIpc) is 3.11. The summed E-state index contributed by atoms with van der Waals surface area (Å²) in [7, 11) is 1.81.